The van der Waals surface area contributed by atoms with E-state index in [4.69, 9.17) is 0 Å². The topological polar surface area (TPSA) is 37.8 Å². The highest BCUT2D eigenvalue weighted by molar-refractivity contribution is 7.09. The molecule has 0 spiro atoms. The van der Waals surface area contributed by atoms with Crippen LogP contribution in [0, 0.1) is 5.82 Å². The average Bonchev–Trinajstić information content (AvgIpc) is 3.02. The molecule has 1 heterocycles. The Morgan fingerprint density at radius 1 is 1.35 bits per heavy atom. The Kier molecular flexibility index (Phi) is 2.76. The van der Waals surface area contributed by atoms with Crippen LogP contribution >= 0.6 is 11.5 Å². The monoisotopic (exact) mass is 249 g/mol. The molecule has 1 N–H and O–H groups in total. The highest BCUT2D eigenvalue weighted by atomic mass is 32.1. The third-order valence-corrected chi connectivity index (χ3v) is 3.36. The zero-order chi connectivity index (χ0) is 11.7. The van der Waals surface area contributed by atoms with E-state index >= 15 is 0 Å². The molecule has 0 atom stereocenters. The van der Waals surface area contributed by atoms with Crippen LogP contribution in [0.1, 0.15) is 24.2 Å². The molecule has 1 saturated carbocycles. The van der Waals surface area contributed by atoms with Crippen molar-refractivity contribution in [2.24, 2.45) is 0 Å². The summed E-state index contributed by atoms with van der Waals surface area (Å²) in [4.78, 5) is 4.36. The van der Waals surface area contributed by atoms with Gasteiger partial charge < -0.3 is 5.32 Å². The van der Waals surface area contributed by atoms with E-state index in [9.17, 15) is 4.39 Å². The van der Waals surface area contributed by atoms with Crippen molar-refractivity contribution in [3.05, 3.63) is 41.5 Å². The Balaban J connectivity index is 1.72. The van der Waals surface area contributed by atoms with E-state index in [0.29, 0.717) is 23.9 Å². The smallest absolute Gasteiger partial charge is 0.202 e. The van der Waals surface area contributed by atoms with E-state index in [-0.39, 0.29) is 5.82 Å². The SMILES string of the molecule is Fc1ccccc1Cc1nsc(NC2CC2)n1. The number of aromatic nitrogens is 2. The lowest BCUT2D eigenvalue weighted by Crippen LogP contribution is -2.00. The van der Waals surface area contributed by atoms with Gasteiger partial charge in [0.15, 0.2) is 0 Å². The number of halogens is 1. The van der Waals surface area contributed by atoms with E-state index in [1.165, 1.54) is 30.4 Å². The molecule has 1 aromatic heterocycles. The second-order valence-corrected chi connectivity index (χ2v) is 4.95. The molecular weight excluding hydrogens is 237 g/mol. The lowest BCUT2D eigenvalue weighted by molar-refractivity contribution is 0.612. The van der Waals surface area contributed by atoms with Gasteiger partial charge in [0.1, 0.15) is 11.6 Å². The van der Waals surface area contributed by atoms with Crippen LogP contribution < -0.4 is 5.32 Å². The Morgan fingerprint density at radius 3 is 2.94 bits per heavy atom. The highest BCUT2D eigenvalue weighted by Gasteiger charge is 2.22. The first-order chi connectivity index (χ1) is 8.31. The van der Waals surface area contributed by atoms with Gasteiger partial charge in [0.2, 0.25) is 5.13 Å². The first-order valence-corrected chi connectivity index (χ1v) is 6.41. The number of nitrogens with zero attached hydrogens (tertiary/aromatic N) is 2. The Morgan fingerprint density at radius 2 is 2.18 bits per heavy atom. The van der Waals surface area contributed by atoms with Crippen molar-refractivity contribution in [2.45, 2.75) is 25.3 Å². The molecule has 0 amide bonds. The second-order valence-electron chi connectivity index (χ2n) is 4.20. The van der Waals surface area contributed by atoms with Crippen LogP contribution in [0.4, 0.5) is 9.52 Å². The summed E-state index contributed by atoms with van der Waals surface area (Å²) >= 11 is 1.35. The van der Waals surface area contributed by atoms with Crippen molar-refractivity contribution in [1.82, 2.24) is 9.36 Å². The summed E-state index contributed by atoms with van der Waals surface area (Å²) in [6, 6.07) is 7.32. The van der Waals surface area contributed by atoms with E-state index in [2.05, 4.69) is 14.7 Å². The predicted molar refractivity (Wildman–Crippen MR) is 65.8 cm³/mol. The van der Waals surface area contributed by atoms with Crippen molar-refractivity contribution in [3.63, 3.8) is 0 Å². The molecule has 0 saturated heterocycles. The number of hydrogen-bond donors (Lipinski definition) is 1. The molecule has 0 radical (unpaired) electrons. The quantitative estimate of drug-likeness (QED) is 0.905. The Hall–Kier alpha value is -1.49. The molecule has 3 nitrogen and oxygen atoms in total. The number of benzene rings is 1. The molecule has 0 aliphatic heterocycles. The highest BCUT2D eigenvalue weighted by Crippen LogP contribution is 2.25. The minimum Gasteiger partial charge on any atom is -0.358 e. The molecule has 1 aliphatic carbocycles. The van der Waals surface area contributed by atoms with Gasteiger partial charge in [-0.25, -0.2) is 9.37 Å². The van der Waals surface area contributed by atoms with Gasteiger partial charge in [0.05, 0.1) is 0 Å². The summed E-state index contributed by atoms with van der Waals surface area (Å²) in [5.41, 5.74) is 0.642. The van der Waals surface area contributed by atoms with Gasteiger partial charge in [-0.3, -0.25) is 0 Å². The van der Waals surface area contributed by atoms with Crippen LogP contribution in [0.5, 0.6) is 0 Å². The van der Waals surface area contributed by atoms with E-state index in [0.717, 1.165) is 5.13 Å². The summed E-state index contributed by atoms with van der Waals surface area (Å²) < 4.78 is 17.7. The van der Waals surface area contributed by atoms with Crippen molar-refractivity contribution in [3.8, 4) is 0 Å². The number of anilines is 1. The van der Waals surface area contributed by atoms with Gasteiger partial charge in [-0.2, -0.15) is 4.37 Å². The molecule has 17 heavy (non-hydrogen) atoms. The standard InChI is InChI=1S/C12H12FN3S/c13-10-4-2-1-3-8(10)7-11-15-12(17-16-11)14-9-5-6-9/h1-4,9H,5-7H2,(H,14,15,16). The third-order valence-electron chi connectivity index (χ3n) is 2.68. The molecule has 1 fully saturated rings. The molecular formula is C12H12FN3S. The fourth-order valence-corrected chi connectivity index (χ4v) is 2.26. The second kappa shape index (κ2) is 4.41. The molecule has 0 bridgehead atoms. The Labute approximate surface area is 103 Å². The zero-order valence-electron chi connectivity index (χ0n) is 9.19. The van der Waals surface area contributed by atoms with Crippen LogP contribution in [0.3, 0.4) is 0 Å². The zero-order valence-corrected chi connectivity index (χ0v) is 10.0. The molecule has 5 heteroatoms. The van der Waals surface area contributed by atoms with Crippen molar-refractivity contribution < 1.29 is 4.39 Å². The van der Waals surface area contributed by atoms with Gasteiger partial charge in [0, 0.05) is 24.0 Å². The lowest BCUT2D eigenvalue weighted by atomic mass is 10.1. The molecule has 0 unspecified atom stereocenters. The third kappa shape index (κ3) is 2.61. The molecule has 88 valence electrons. The first-order valence-electron chi connectivity index (χ1n) is 5.64. The minimum atomic E-state index is -0.195. The van der Waals surface area contributed by atoms with E-state index in [1.807, 2.05) is 6.07 Å². The fraction of sp³-hybridized carbons (Fsp3) is 0.333. The summed E-state index contributed by atoms with van der Waals surface area (Å²) in [6.45, 7) is 0. The molecule has 1 aromatic carbocycles. The molecule has 3 rings (SSSR count). The van der Waals surface area contributed by atoms with E-state index in [1.54, 1.807) is 12.1 Å². The maximum Gasteiger partial charge on any atom is 0.202 e. The summed E-state index contributed by atoms with van der Waals surface area (Å²) in [7, 11) is 0. The van der Waals surface area contributed by atoms with Gasteiger partial charge in [-0.05, 0) is 24.5 Å². The van der Waals surface area contributed by atoms with Gasteiger partial charge in [-0.1, -0.05) is 18.2 Å². The predicted octanol–water partition coefficient (Wildman–Crippen LogP) is 2.84. The summed E-state index contributed by atoms with van der Waals surface area (Å²) in [6.07, 6.45) is 2.87. The van der Waals surface area contributed by atoms with Gasteiger partial charge in [-0.15, -0.1) is 0 Å². The number of rotatable bonds is 4. The van der Waals surface area contributed by atoms with Crippen molar-refractivity contribution >= 4 is 16.7 Å². The lowest BCUT2D eigenvalue weighted by Gasteiger charge is -1.98. The van der Waals surface area contributed by atoms with E-state index < -0.39 is 0 Å². The van der Waals surface area contributed by atoms with Crippen LogP contribution in [0.2, 0.25) is 0 Å². The van der Waals surface area contributed by atoms with Crippen LogP contribution in [-0.2, 0) is 6.42 Å². The summed E-state index contributed by atoms with van der Waals surface area (Å²) in [5.74, 6) is 0.488. The largest absolute Gasteiger partial charge is 0.358 e. The Bertz CT molecular complexity index is 522. The average molecular weight is 249 g/mol. The number of hydrogen-bond acceptors (Lipinski definition) is 4. The summed E-state index contributed by atoms with van der Waals surface area (Å²) in [5, 5.41) is 4.13. The van der Waals surface area contributed by atoms with Gasteiger partial charge >= 0.3 is 0 Å². The number of nitrogens with one attached hydrogen (secondary N) is 1. The van der Waals surface area contributed by atoms with Gasteiger partial charge in [0.25, 0.3) is 0 Å². The normalized spacial score (nSPS) is 14.9. The molecule has 1 aliphatic rings. The van der Waals surface area contributed by atoms with Crippen LogP contribution in [-0.4, -0.2) is 15.4 Å². The van der Waals surface area contributed by atoms with Crippen molar-refractivity contribution in [1.29, 1.82) is 0 Å². The molecule has 2 aromatic rings. The maximum absolute atomic E-state index is 13.4. The minimum absolute atomic E-state index is 0.195. The fourth-order valence-electron chi connectivity index (χ4n) is 1.60. The van der Waals surface area contributed by atoms with Crippen molar-refractivity contribution in [2.75, 3.05) is 5.32 Å². The van der Waals surface area contributed by atoms with Crippen LogP contribution in [0.25, 0.3) is 0 Å². The first kappa shape index (κ1) is 10.7. The van der Waals surface area contributed by atoms with Crippen LogP contribution in [0.15, 0.2) is 24.3 Å². The maximum atomic E-state index is 13.4.